The third-order valence-corrected chi connectivity index (χ3v) is 2.48. The number of imidazole rings is 2. The SMILES string of the molecule is Nc1nc2ccccc2[nH]1.[2H]c1c([2H])c([2H])c2c(nc(N([2H])[2H])n2[2H])c1[2H].[HH]. The summed E-state index contributed by atoms with van der Waals surface area (Å²) < 4.78 is 51.7. The van der Waals surface area contributed by atoms with Crippen LogP contribution < -0.4 is 11.5 Å². The number of nitrogen functional groups attached to an aromatic ring is 2. The number of hydrogen-bond acceptors (Lipinski definition) is 4. The molecule has 2 aromatic heterocycles. The normalized spacial score (nSPS) is 15.1. The molecule has 0 aliphatic rings. The van der Waals surface area contributed by atoms with Gasteiger partial charge in [-0.1, -0.05) is 24.2 Å². The van der Waals surface area contributed by atoms with Crippen LogP contribution in [0.2, 0.25) is 4.24 Å². The second-order valence-electron chi connectivity index (χ2n) is 3.86. The Bertz CT molecular complexity index is 1110. The van der Waals surface area contributed by atoms with Crippen LogP contribution in [0.4, 0.5) is 11.9 Å². The van der Waals surface area contributed by atoms with Crippen LogP contribution in [-0.2, 0) is 0 Å². The van der Waals surface area contributed by atoms with Gasteiger partial charge in [-0.2, -0.15) is 0 Å². The lowest BCUT2D eigenvalue weighted by atomic mass is 10.3. The zero-order valence-electron chi connectivity index (χ0n) is 17.2. The molecule has 0 saturated heterocycles. The van der Waals surface area contributed by atoms with Gasteiger partial charge in [0.1, 0.15) is 0 Å². The number of fused-ring (bicyclic) bond motifs is 2. The number of nitrogens with zero attached hydrogens (tertiary/aromatic N) is 2. The molecular weight excluding hydrogens is 252 g/mol. The largest absolute Gasteiger partial charge is 0.369 e. The highest BCUT2D eigenvalue weighted by Gasteiger charge is 1.95. The summed E-state index contributed by atoms with van der Waals surface area (Å²) in [5, 5.41) is 0. The number of rotatable bonds is 1. The highest BCUT2D eigenvalue weighted by atomic mass is 15.0. The van der Waals surface area contributed by atoms with Gasteiger partial charge in [-0.3, -0.25) is 0 Å². The molecule has 0 aliphatic heterocycles. The van der Waals surface area contributed by atoms with E-state index in [1.807, 2.05) is 24.3 Å². The van der Waals surface area contributed by atoms with E-state index in [1.54, 1.807) is 0 Å². The van der Waals surface area contributed by atoms with E-state index >= 15 is 0 Å². The van der Waals surface area contributed by atoms with E-state index in [1.165, 1.54) is 0 Å². The molecule has 2 aromatic carbocycles. The first-order chi connectivity index (χ1) is 12.7. The molecule has 0 amide bonds. The molecule has 4 aromatic rings. The van der Waals surface area contributed by atoms with Crippen LogP contribution in [0.1, 0.15) is 6.91 Å². The molecule has 0 spiro atoms. The van der Waals surface area contributed by atoms with Gasteiger partial charge in [-0.05, 0) is 24.2 Å². The van der Waals surface area contributed by atoms with Crippen LogP contribution in [-0.4, -0.2) is 19.9 Å². The topological polar surface area (TPSA) is 109 Å². The predicted molar refractivity (Wildman–Crippen MR) is 83.1 cm³/mol. The maximum atomic E-state index is 7.61. The Kier molecular flexibility index (Phi) is 1.58. The highest BCUT2D eigenvalue weighted by molar-refractivity contribution is 5.77. The fraction of sp³-hybridized carbons (Fsp3) is 0. The number of para-hydroxylation sites is 4. The average molecular weight is 275 g/mol. The summed E-state index contributed by atoms with van der Waals surface area (Å²) >= 11 is 0. The standard InChI is InChI=1S/2C7H7N3.H2/c2*8-7-9-5-3-1-2-4-6(5)10-7;/h2*1-4H,(H3,8,9,10);1H/i1D,2D,3D,4D;;/hD3. The first-order valence-electron chi connectivity index (χ1n) is 9.02. The van der Waals surface area contributed by atoms with Gasteiger partial charge in [-0.25, -0.2) is 9.97 Å². The van der Waals surface area contributed by atoms with Crippen molar-refractivity contribution in [2.75, 3.05) is 11.5 Å². The fourth-order valence-electron chi connectivity index (χ4n) is 1.66. The van der Waals surface area contributed by atoms with E-state index in [0.717, 1.165) is 11.0 Å². The van der Waals surface area contributed by atoms with Crippen LogP contribution in [0, 0.1) is 0 Å². The number of hydrogen-bond donors (Lipinski definition) is 4. The highest BCUT2D eigenvalue weighted by Crippen LogP contribution is 2.10. The summed E-state index contributed by atoms with van der Waals surface area (Å²) in [5.41, 5.74) is 7.15. The number of nitrogens with one attached hydrogen (secondary N) is 2. The average Bonchev–Trinajstić information content (AvgIpc) is 3.18. The van der Waals surface area contributed by atoms with Crippen molar-refractivity contribution in [1.82, 2.24) is 19.9 Å². The number of aromatic nitrogens is 4. The summed E-state index contributed by atoms with van der Waals surface area (Å²) in [4.78, 5) is 11.2. The fourth-order valence-corrected chi connectivity index (χ4v) is 1.66. The molecular formula is C14H16N6. The first-order valence-corrected chi connectivity index (χ1v) is 5.68. The molecule has 20 heavy (non-hydrogen) atoms. The monoisotopic (exact) mass is 275 g/mol. The van der Waals surface area contributed by atoms with E-state index in [9.17, 15) is 0 Å². The Morgan fingerprint density at radius 2 is 1.90 bits per heavy atom. The minimum atomic E-state index is -0.469. The van der Waals surface area contributed by atoms with E-state index in [4.69, 9.17) is 15.5 Å². The Hall–Kier alpha value is -3.02. The van der Waals surface area contributed by atoms with Crippen molar-refractivity contribution in [1.29, 1.82) is 0 Å². The summed E-state index contributed by atoms with van der Waals surface area (Å²) in [6, 6.07) is 6.04. The lowest BCUT2D eigenvalue weighted by molar-refractivity contribution is 1.35. The van der Waals surface area contributed by atoms with Crippen molar-refractivity contribution in [3.63, 3.8) is 0 Å². The van der Waals surface area contributed by atoms with Gasteiger partial charge in [0.15, 0.2) is 16.1 Å². The van der Waals surface area contributed by atoms with Crippen LogP contribution >= 0.6 is 0 Å². The van der Waals surface area contributed by atoms with Crippen molar-refractivity contribution < 1.29 is 11.1 Å². The molecule has 0 saturated carbocycles. The molecule has 4 rings (SSSR count). The lowest BCUT2D eigenvalue weighted by Crippen LogP contribution is -1.84. The number of nitrogens with two attached hydrogens (primary N) is 2. The van der Waals surface area contributed by atoms with E-state index in [0.29, 0.717) is 10.9 Å². The minimum absolute atomic E-state index is 0. The molecule has 6 heteroatoms. The van der Waals surface area contributed by atoms with Crippen molar-refractivity contribution in [2.45, 2.75) is 0 Å². The molecule has 0 radical (unpaired) electrons. The summed E-state index contributed by atoms with van der Waals surface area (Å²) in [5.74, 6) is 0.0770. The smallest absolute Gasteiger partial charge is 0.198 e. The molecule has 0 bridgehead atoms. The molecule has 0 aliphatic carbocycles. The summed E-state index contributed by atoms with van der Waals surface area (Å²) in [6.45, 7) is 0. The maximum Gasteiger partial charge on any atom is 0.198 e. The van der Waals surface area contributed by atoms with Crippen molar-refractivity contribution >= 4 is 34.0 Å². The lowest BCUT2D eigenvalue weighted by Gasteiger charge is -1.81. The Balaban J connectivity index is 0.000000217. The number of H-pyrrole nitrogens is 2. The van der Waals surface area contributed by atoms with Gasteiger partial charge in [0.2, 0.25) is 0 Å². The second-order valence-corrected chi connectivity index (χ2v) is 3.86. The first kappa shape index (κ1) is 6.42. The molecule has 0 unspecified atom stereocenters. The van der Waals surface area contributed by atoms with Gasteiger partial charge in [-0.15, -0.1) is 0 Å². The summed E-state index contributed by atoms with van der Waals surface area (Å²) in [6.07, 6.45) is 0. The third kappa shape index (κ3) is 2.39. The van der Waals surface area contributed by atoms with Gasteiger partial charge < -0.3 is 21.4 Å². The van der Waals surface area contributed by atoms with E-state index in [-0.39, 0.29) is 24.2 Å². The third-order valence-electron chi connectivity index (χ3n) is 2.48. The molecule has 2 heterocycles. The summed E-state index contributed by atoms with van der Waals surface area (Å²) in [7, 11) is 0. The molecule has 102 valence electrons. The van der Waals surface area contributed by atoms with Gasteiger partial charge >= 0.3 is 0 Å². The van der Waals surface area contributed by atoms with Crippen LogP contribution in [0.5, 0.6) is 0 Å². The van der Waals surface area contributed by atoms with Crippen LogP contribution in [0.25, 0.3) is 22.1 Å². The van der Waals surface area contributed by atoms with Crippen LogP contribution in [0.15, 0.2) is 48.4 Å². The van der Waals surface area contributed by atoms with Crippen LogP contribution in [0.3, 0.4) is 0 Å². The van der Waals surface area contributed by atoms with Crippen molar-refractivity contribution in [3.05, 3.63) is 48.4 Å². The molecule has 6 N–H and O–H groups in total. The Morgan fingerprint density at radius 3 is 2.75 bits per heavy atom. The predicted octanol–water partition coefficient (Wildman–Crippen LogP) is 2.54. The molecule has 6 nitrogen and oxygen atoms in total. The zero-order valence-corrected chi connectivity index (χ0v) is 10.2. The molecule has 0 atom stereocenters. The second kappa shape index (κ2) is 4.93. The zero-order chi connectivity index (χ0) is 19.9. The quantitative estimate of drug-likeness (QED) is 0.428. The van der Waals surface area contributed by atoms with Gasteiger partial charge in [0, 0.05) is 1.43 Å². The number of aromatic amines is 2. The van der Waals surface area contributed by atoms with Gasteiger partial charge in [0.05, 0.1) is 27.5 Å². The number of anilines is 2. The van der Waals surface area contributed by atoms with E-state index < -0.39 is 24.1 Å². The van der Waals surface area contributed by atoms with Gasteiger partial charge in [0.25, 0.3) is 0 Å². The minimum Gasteiger partial charge on any atom is -0.369 e. The van der Waals surface area contributed by atoms with Crippen molar-refractivity contribution in [3.8, 4) is 0 Å². The maximum absolute atomic E-state index is 7.61. The van der Waals surface area contributed by atoms with Crippen molar-refractivity contribution in [2.24, 2.45) is 0 Å². The molecule has 0 fully saturated rings. The number of benzene rings is 2. The van der Waals surface area contributed by atoms with E-state index in [2.05, 4.69) is 15.0 Å². The Morgan fingerprint density at radius 1 is 1.10 bits per heavy atom. The Labute approximate surface area is 126 Å².